The predicted octanol–water partition coefficient (Wildman–Crippen LogP) is 22.7. The molecule has 102 heavy (non-hydrogen) atoms. The Morgan fingerprint density at radius 3 is 1.16 bits per heavy atom. The summed E-state index contributed by atoms with van der Waals surface area (Å²) in [5.74, 6) is -0.0625. The van der Waals surface area contributed by atoms with Crippen LogP contribution in [0.5, 0.6) is 0 Å². The molecule has 17 aromatic rings. The quantitative estimate of drug-likeness (QED) is 0.0931. The summed E-state index contributed by atoms with van der Waals surface area (Å²) in [6.45, 7) is 13.1. The van der Waals surface area contributed by atoms with Crippen LogP contribution in [0.1, 0.15) is 41.7 Å². The summed E-state index contributed by atoms with van der Waals surface area (Å²) in [4.78, 5) is 32.2. The zero-order valence-corrected chi connectivity index (χ0v) is 64.1. The van der Waals surface area contributed by atoms with Crippen LogP contribution in [0.2, 0.25) is 0 Å². The molecule has 10 nitrogen and oxygen atoms in total. The van der Waals surface area contributed by atoms with Gasteiger partial charge in [0.2, 0.25) is 0 Å². The first kappa shape index (κ1) is 75.5. The number of pyridine rings is 5. The zero-order chi connectivity index (χ0) is 68.6. The molecular weight excluding hydrogens is 1800 g/mol. The molecule has 0 atom stereocenters. The number of benzene rings is 9. The standard InChI is InChI=1S/C23H14NO.C19H14NO.C18H12NO.2C12H10N.C5H8O2.3Ir/c1-2-7-16(8-3-1)17-13-14-24-21(15-17)20-11-6-10-19-18-9-4-5-12-22(18)25-23(19)20;1-12-10-17(20-11-13(12)2)16-8-5-7-15-14-6-3-4-9-18(14)21-19(15)16;1-12-9-10-19-16(11-12)15-7-4-6-14-13-5-2-3-8-17(13)20-18(14)15;2*1-10-7-8-12(13-9-10)11-5-3-2-4-6-11;1-4(6)3-5(2)7;;;/h1-10,12-15H;3-7,9-11H,1-2H3;2-6,8-11H,1H3;2*2-5,7-9H,1H3;3,6H,1-2H3;;;/q5*-1;;;;. The van der Waals surface area contributed by atoms with Crippen LogP contribution in [0, 0.1) is 65.0 Å². The topological polar surface area (TPSA) is 141 Å². The van der Waals surface area contributed by atoms with Crippen LogP contribution in [0.3, 0.4) is 0 Å². The maximum absolute atomic E-state index is 10.0. The average molecular weight is 1860 g/mol. The summed E-state index contributed by atoms with van der Waals surface area (Å²) in [5, 5.41) is 15.1. The second kappa shape index (κ2) is 36.1. The van der Waals surface area contributed by atoms with Gasteiger partial charge in [0, 0.05) is 114 Å². The predicted molar refractivity (Wildman–Crippen MR) is 401 cm³/mol. The molecule has 8 heterocycles. The summed E-state index contributed by atoms with van der Waals surface area (Å²) >= 11 is 0. The van der Waals surface area contributed by atoms with Crippen LogP contribution in [0.15, 0.2) is 299 Å². The third-order valence-corrected chi connectivity index (χ3v) is 16.1. The fourth-order valence-electron chi connectivity index (χ4n) is 11.1. The molecule has 13 heteroatoms. The Bertz CT molecular complexity index is 5540. The van der Waals surface area contributed by atoms with Gasteiger partial charge in [0.1, 0.15) is 16.7 Å². The van der Waals surface area contributed by atoms with Gasteiger partial charge in [-0.1, -0.05) is 171 Å². The first-order chi connectivity index (χ1) is 48.3. The van der Waals surface area contributed by atoms with Gasteiger partial charge in [0.15, 0.2) is 5.78 Å². The molecule has 0 aliphatic rings. The Kier molecular flexibility index (Phi) is 26.7. The Hall–Kier alpha value is -10.7. The molecule has 1 N–H and O–H groups in total. The molecule has 0 fully saturated rings. The summed E-state index contributed by atoms with van der Waals surface area (Å²) in [6.07, 6.45) is 10.5. The van der Waals surface area contributed by atoms with E-state index in [9.17, 15) is 4.79 Å². The van der Waals surface area contributed by atoms with Crippen molar-refractivity contribution in [3.8, 4) is 67.4 Å². The maximum Gasteiger partial charge on any atom is 0.155 e. The minimum atomic E-state index is -0.125. The summed E-state index contributed by atoms with van der Waals surface area (Å²) in [5.41, 5.74) is 22.9. The average Bonchev–Trinajstić information content (AvgIpc) is 1.63. The van der Waals surface area contributed by atoms with E-state index in [1.807, 2.05) is 227 Å². The monoisotopic (exact) mass is 1870 g/mol. The minimum absolute atomic E-state index is 0. The molecule has 0 amide bonds. The van der Waals surface area contributed by atoms with Crippen molar-refractivity contribution in [1.29, 1.82) is 0 Å². The van der Waals surface area contributed by atoms with Crippen molar-refractivity contribution < 1.29 is 83.5 Å². The van der Waals surface area contributed by atoms with Crippen molar-refractivity contribution in [2.24, 2.45) is 0 Å². The van der Waals surface area contributed by atoms with Crippen LogP contribution in [0.4, 0.5) is 0 Å². The molecule has 511 valence electrons. The molecule has 0 aliphatic carbocycles. The number of aryl methyl sites for hydroxylation is 5. The summed E-state index contributed by atoms with van der Waals surface area (Å²) in [6, 6.07) is 96.8. The molecule has 0 saturated carbocycles. The van der Waals surface area contributed by atoms with Crippen LogP contribution >= 0.6 is 0 Å². The number of ketones is 1. The number of fused-ring (bicyclic) bond motifs is 9. The normalized spacial score (nSPS) is 10.6. The number of hydrogen-bond acceptors (Lipinski definition) is 10. The SMILES string of the molecule is CC(=O)C=C(C)O.Cc1ccc(-c2[c-]cccc2)nc1.Cc1ccc(-c2[c-]cccc2)nc1.Cc1ccnc(-c2[c-]ccc3c2oc2ccccc23)c1.Cc1cnc(-c2[c-]ccc3c2oc2ccccc23)cc1C.[Ir].[Ir].[Ir].[c-]1ccc2c(oc3ccccc32)c1-c1cc(-c2ccccc2)ccn1. The van der Waals surface area contributed by atoms with E-state index in [2.05, 4.69) is 137 Å². The molecule has 3 radical (unpaired) electrons. The van der Waals surface area contributed by atoms with Gasteiger partial charge < -0.3 is 43.3 Å². The van der Waals surface area contributed by atoms with E-state index in [-0.39, 0.29) is 71.9 Å². The molecule has 0 spiro atoms. The van der Waals surface area contributed by atoms with Gasteiger partial charge in [-0.2, -0.15) is 0 Å². The number of rotatable bonds is 7. The van der Waals surface area contributed by atoms with E-state index in [1.54, 1.807) is 0 Å². The molecule has 0 bridgehead atoms. The van der Waals surface area contributed by atoms with Gasteiger partial charge in [-0.05, 0) is 135 Å². The smallest absolute Gasteiger partial charge is 0.155 e. The van der Waals surface area contributed by atoms with Crippen molar-refractivity contribution in [3.05, 3.63) is 344 Å². The fourth-order valence-corrected chi connectivity index (χ4v) is 11.1. The molecule has 9 aromatic carbocycles. The number of aromatic nitrogens is 5. The Morgan fingerprint density at radius 1 is 0.353 bits per heavy atom. The van der Waals surface area contributed by atoms with Gasteiger partial charge in [0.05, 0.1) is 22.5 Å². The number of carbonyl (C=O) groups is 1. The number of aliphatic hydroxyl groups is 1. The zero-order valence-electron chi connectivity index (χ0n) is 56.9. The first-order valence-corrected chi connectivity index (χ1v) is 32.3. The van der Waals surface area contributed by atoms with E-state index in [0.717, 1.165) is 128 Å². The Labute approximate surface area is 634 Å². The number of carbonyl (C=O) groups excluding carboxylic acids is 1. The van der Waals surface area contributed by atoms with Crippen molar-refractivity contribution in [2.75, 3.05) is 0 Å². The number of furan rings is 3. The third kappa shape index (κ3) is 18.6. The molecular formula is C89H68Ir3N5O5-5. The Morgan fingerprint density at radius 2 is 0.765 bits per heavy atom. The molecule has 0 unspecified atom stereocenters. The van der Waals surface area contributed by atoms with Crippen LogP contribution in [0.25, 0.3) is 133 Å². The van der Waals surface area contributed by atoms with Gasteiger partial charge in [0.25, 0.3) is 0 Å². The number of allylic oxidation sites excluding steroid dienone is 2. The van der Waals surface area contributed by atoms with Gasteiger partial charge >= 0.3 is 0 Å². The largest absolute Gasteiger partial charge is 0.512 e. The molecule has 0 saturated heterocycles. The van der Waals surface area contributed by atoms with E-state index in [4.69, 9.17) is 18.4 Å². The van der Waals surface area contributed by atoms with Crippen LogP contribution in [-0.4, -0.2) is 35.8 Å². The van der Waals surface area contributed by atoms with Gasteiger partial charge in [-0.3, -0.25) is 4.79 Å². The van der Waals surface area contributed by atoms with Crippen molar-refractivity contribution in [1.82, 2.24) is 24.9 Å². The van der Waals surface area contributed by atoms with Crippen LogP contribution < -0.4 is 0 Å². The van der Waals surface area contributed by atoms with E-state index in [0.29, 0.717) is 0 Å². The number of aliphatic hydroxyl groups excluding tert-OH is 1. The molecule has 0 aliphatic heterocycles. The van der Waals surface area contributed by atoms with Crippen molar-refractivity contribution in [3.63, 3.8) is 0 Å². The third-order valence-electron chi connectivity index (χ3n) is 16.1. The van der Waals surface area contributed by atoms with Gasteiger partial charge in [-0.25, -0.2) is 0 Å². The number of nitrogens with zero attached hydrogens (tertiary/aromatic N) is 5. The van der Waals surface area contributed by atoms with E-state index >= 15 is 0 Å². The van der Waals surface area contributed by atoms with Crippen molar-refractivity contribution in [2.45, 2.75) is 48.5 Å². The minimum Gasteiger partial charge on any atom is -0.512 e. The molecule has 8 aromatic heterocycles. The first-order valence-electron chi connectivity index (χ1n) is 32.3. The second-order valence-corrected chi connectivity index (χ2v) is 23.6. The number of hydrogen-bond donors (Lipinski definition) is 1. The van der Waals surface area contributed by atoms with E-state index < -0.39 is 0 Å². The van der Waals surface area contributed by atoms with Gasteiger partial charge in [-0.15, -0.1) is 126 Å². The van der Waals surface area contributed by atoms with Crippen molar-refractivity contribution >= 4 is 71.6 Å². The second-order valence-electron chi connectivity index (χ2n) is 23.6. The van der Waals surface area contributed by atoms with Crippen LogP contribution in [-0.2, 0) is 65.1 Å². The van der Waals surface area contributed by atoms with E-state index in [1.165, 1.54) is 53.3 Å². The summed E-state index contributed by atoms with van der Waals surface area (Å²) in [7, 11) is 0. The number of para-hydroxylation sites is 3. The Balaban J connectivity index is 0.000000146. The summed E-state index contributed by atoms with van der Waals surface area (Å²) < 4.78 is 18.2. The maximum atomic E-state index is 10.0. The fraction of sp³-hybridized carbons (Fsp3) is 0.0787. The molecule has 17 rings (SSSR count).